The Balaban J connectivity index is 0.000000268. The van der Waals surface area contributed by atoms with E-state index in [9.17, 15) is 19.4 Å². The molecule has 0 fully saturated rings. The molecular formula is C27H35O6P. The smallest absolute Gasteiger partial charge is 0.335 e. The van der Waals surface area contributed by atoms with Crippen molar-refractivity contribution < 1.29 is 29.6 Å². The van der Waals surface area contributed by atoms with Crippen LogP contribution < -0.4 is 10.6 Å². The Morgan fingerprint density at radius 1 is 0.824 bits per heavy atom. The summed E-state index contributed by atoms with van der Waals surface area (Å²) in [6.07, 6.45) is -0.419. The van der Waals surface area contributed by atoms with Crippen molar-refractivity contribution in [3.63, 3.8) is 0 Å². The zero-order valence-corrected chi connectivity index (χ0v) is 21.0. The molecule has 0 aliphatic rings. The maximum absolute atomic E-state index is 12.2. The second-order valence-corrected chi connectivity index (χ2v) is 10.9. The fourth-order valence-electron chi connectivity index (χ4n) is 2.99. The largest absolute Gasteiger partial charge is 0.478 e. The molecule has 6 nitrogen and oxygen atoms in total. The lowest BCUT2D eigenvalue weighted by Gasteiger charge is -2.30. The average Bonchev–Trinajstić information content (AvgIpc) is 2.86. The van der Waals surface area contributed by atoms with Gasteiger partial charge in [-0.3, -0.25) is 4.57 Å². The fourth-order valence-corrected chi connectivity index (χ4v) is 4.44. The monoisotopic (exact) mass is 486 g/mol. The van der Waals surface area contributed by atoms with Gasteiger partial charge in [-0.1, -0.05) is 82.3 Å². The van der Waals surface area contributed by atoms with Gasteiger partial charge in [-0.15, -0.1) is 0 Å². The summed E-state index contributed by atoms with van der Waals surface area (Å²) in [4.78, 5) is 20.2. The zero-order valence-electron chi connectivity index (χ0n) is 20.1. The predicted molar refractivity (Wildman–Crippen MR) is 137 cm³/mol. The molecule has 0 aliphatic carbocycles. The van der Waals surface area contributed by atoms with Crippen LogP contribution in [0, 0.1) is 11.3 Å². The highest BCUT2D eigenvalue weighted by Crippen LogP contribution is 2.37. The van der Waals surface area contributed by atoms with Gasteiger partial charge in [0.25, 0.3) is 7.37 Å². The van der Waals surface area contributed by atoms with Crippen LogP contribution >= 0.6 is 7.37 Å². The van der Waals surface area contributed by atoms with Crippen molar-refractivity contribution in [3.8, 4) is 0 Å². The Kier molecular flexibility index (Phi) is 11.9. The van der Waals surface area contributed by atoms with Crippen LogP contribution in [0.25, 0.3) is 0 Å². The number of rotatable bonds is 6. The first-order chi connectivity index (χ1) is 15.9. The highest BCUT2D eigenvalue weighted by atomic mass is 31.2. The predicted octanol–water partition coefficient (Wildman–Crippen LogP) is 4.31. The van der Waals surface area contributed by atoms with Crippen LogP contribution in [0.15, 0.2) is 91.0 Å². The standard InChI is InChI=1S/C12H11O2P.C8H18O2.C7H6O2/c13-15(14,11-7-3-1-4-8-11)12-9-5-2-6-10-12;1-6(2)7(10)8(3,4)5-9;8-7(9)6-4-2-1-3-5-6/h1-10H,(H,13,14);6-7,9-10H,5H2,1-4H3;1-5H,(H,8,9). The molecule has 0 saturated carbocycles. The van der Waals surface area contributed by atoms with Gasteiger partial charge in [0, 0.05) is 16.0 Å². The SMILES string of the molecule is CC(C)C(O)C(C)(C)CO.O=C(O)c1ccccc1.O=P(O)(c1ccccc1)c1ccccc1. The van der Waals surface area contributed by atoms with E-state index in [2.05, 4.69) is 0 Å². The van der Waals surface area contributed by atoms with Gasteiger partial charge >= 0.3 is 5.97 Å². The van der Waals surface area contributed by atoms with E-state index in [-0.39, 0.29) is 17.9 Å². The lowest BCUT2D eigenvalue weighted by atomic mass is 9.82. The molecule has 0 bridgehead atoms. The Morgan fingerprint density at radius 3 is 1.41 bits per heavy atom. The Hall–Kier alpha value is -2.76. The summed E-state index contributed by atoms with van der Waals surface area (Å²) in [5.41, 5.74) is -0.0359. The number of carboxylic acids is 1. The molecule has 7 heteroatoms. The van der Waals surface area contributed by atoms with Crippen LogP contribution in [0.1, 0.15) is 38.1 Å². The lowest BCUT2D eigenvalue weighted by molar-refractivity contribution is -0.0204. The molecule has 3 aromatic carbocycles. The first-order valence-corrected chi connectivity index (χ1v) is 12.6. The molecule has 3 rings (SSSR count). The van der Waals surface area contributed by atoms with E-state index in [0.717, 1.165) is 0 Å². The first-order valence-electron chi connectivity index (χ1n) is 10.9. The van der Waals surface area contributed by atoms with Crippen LogP contribution in [0.3, 0.4) is 0 Å². The number of aliphatic hydroxyl groups excluding tert-OH is 2. The summed E-state index contributed by atoms with van der Waals surface area (Å²) in [5.74, 6) is -0.669. The van der Waals surface area contributed by atoms with Gasteiger partial charge in [0.1, 0.15) is 0 Å². The van der Waals surface area contributed by atoms with E-state index in [1.807, 2.05) is 39.8 Å². The molecule has 1 unspecified atom stereocenters. The normalized spacial score (nSPS) is 12.0. The highest BCUT2D eigenvalue weighted by molar-refractivity contribution is 7.73. The van der Waals surface area contributed by atoms with Crippen molar-refractivity contribution in [3.05, 3.63) is 96.6 Å². The van der Waals surface area contributed by atoms with Gasteiger partial charge in [0.05, 0.1) is 18.3 Å². The number of carboxylic acid groups (broad SMARTS) is 1. The zero-order chi connectivity index (χ0) is 25.8. The maximum atomic E-state index is 12.2. The van der Waals surface area contributed by atoms with Crippen LogP contribution in [-0.4, -0.2) is 38.9 Å². The van der Waals surface area contributed by atoms with Crippen LogP contribution in [0.4, 0.5) is 0 Å². The third-order valence-electron chi connectivity index (χ3n) is 5.07. The van der Waals surface area contributed by atoms with Crippen LogP contribution in [0.2, 0.25) is 0 Å². The molecule has 0 radical (unpaired) electrons. The second kappa shape index (κ2) is 13.8. The van der Waals surface area contributed by atoms with Gasteiger partial charge in [-0.05, 0) is 42.3 Å². The van der Waals surface area contributed by atoms with Gasteiger partial charge in [0.15, 0.2) is 0 Å². The molecule has 0 spiro atoms. The fraction of sp³-hybridized carbons (Fsp3) is 0.296. The van der Waals surface area contributed by atoms with Crippen molar-refractivity contribution in [1.82, 2.24) is 0 Å². The molecule has 3 aromatic rings. The lowest BCUT2D eigenvalue weighted by Crippen LogP contribution is -2.36. The van der Waals surface area contributed by atoms with E-state index in [0.29, 0.717) is 16.2 Å². The van der Waals surface area contributed by atoms with Crippen molar-refractivity contribution in [1.29, 1.82) is 0 Å². The Labute approximate surface area is 202 Å². The number of carbonyl (C=O) groups is 1. The molecule has 34 heavy (non-hydrogen) atoms. The summed E-state index contributed by atoms with van der Waals surface area (Å²) in [7, 11) is -3.40. The third kappa shape index (κ3) is 9.24. The highest BCUT2D eigenvalue weighted by Gasteiger charge is 2.29. The van der Waals surface area contributed by atoms with Gasteiger partial charge in [-0.25, -0.2) is 4.79 Å². The first kappa shape index (κ1) is 29.3. The summed E-state index contributed by atoms with van der Waals surface area (Å²) in [6.45, 7) is 7.64. The number of aliphatic hydroxyl groups is 2. The van der Waals surface area contributed by atoms with E-state index < -0.39 is 19.4 Å². The molecule has 0 saturated heterocycles. The molecule has 1 atom stereocenters. The number of hydrogen-bond acceptors (Lipinski definition) is 4. The number of hydrogen-bond donors (Lipinski definition) is 4. The van der Waals surface area contributed by atoms with Crippen molar-refractivity contribution in [2.75, 3.05) is 6.61 Å². The minimum Gasteiger partial charge on any atom is -0.478 e. The van der Waals surface area contributed by atoms with Crippen molar-refractivity contribution >= 4 is 23.9 Å². The van der Waals surface area contributed by atoms with E-state index >= 15 is 0 Å². The third-order valence-corrected chi connectivity index (χ3v) is 7.07. The van der Waals surface area contributed by atoms with E-state index in [4.69, 9.17) is 10.2 Å². The van der Waals surface area contributed by atoms with Crippen LogP contribution in [0.5, 0.6) is 0 Å². The van der Waals surface area contributed by atoms with E-state index in [1.54, 1.807) is 78.9 Å². The maximum Gasteiger partial charge on any atom is 0.335 e. The second-order valence-electron chi connectivity index (χ2n) is 8.75. The summed E-state index contributed by atoms with van der Waals surface area (Å²) in [5, 5.41) is 27.7. The van der Waals surface area contributed by atoms with Crippen LogP contribution in [-0.2, 0) is 4.57 Å². The molecule has 0 amide bonds. The Bertz CT molecular complexity index is 977. The van der Waals surface area contributed by atoms with Crippen molar-refractivity contribution in [2.45, 2.75) is 33.8 Å². The minimum atomic E-state index is -3.40. The molecular weight excluding hydrogens is 451 g/mol. The molecule has 184 valence electrons. The molecule has 0 heterocycles. The summed E-state index contributed by atoms with van der Waals surface area (Å²) >= 11 is 0. The van der Waals surface area contributed by atoms with Gasteiger partial charge in [0.2, 0.25) is 0 Å². The summed E-state index contributed by atoms with van der Waals surface area (Å²) < 4.78 is 12.2. The Morgan fingerprint density at radius 2 is 1.18 bits per heavy atom. The topological polar surface area (TPSA) is 115 Å². The average molecular weight is 487 g/mol. The van der Waals surface area contributed by atoms with Crippen molar-refractivity contribution in [2.24, 2.45) is 11.3 Å². The van der Waals surface area contributed by atoms with Gasteiger partial charge in [-0.2, -0.15) is 0 Å². The molecule has 0 aromatic heterocycles. The molecule has 4 N–H and O–H groups in total. The molecule has 0 aliphatic heterocycles. The van der Waals surface area contributed by atoms with Gasteiger partial charge < -0.3 is 20.2 Å². The quantitative estimate of drug-likeness (QED) is 0.386. The number of aromatic carboxylic acids is 1. The van der Waals surface area contributed by atoms with E-state index in [1.165, 1.54) is 0 Å². The summed E-state index contributed by atoms with van der Waals surface area (Å²) in [6, 6.07) is 25.7. The number of benzene rings is 3. The minimum absolute atomic E-state index is 0.0341.